The molecule has 0 fully saturated rings. The van der Waals surface area contributed by atoms with Crippen molar-refractivity contribution in [2.24, 2.45) is 0 Å². The van der Waals surface area contributed by atoms with E-state index in [4.69, 9.17) is 9.72 Å². The summed E-state index contributed by atoms with van der Waals surface area (Å²) in [4.78, 5) is 31.6. The molecule has 4 aromatic rings. The summed E-state index contributed by atoms with van der Waals surface area (Å²) in [6.07, 6.45) is 2.83. The van der Waals surface area contributed by atoms with E-state index in [1.54, 1.807) is 13.0 Å². The fourth-order valence-electron chi connectivity index (χ4n) is 3.93. The number of anilines is 1. The number of imidazole rings is 1. The van der Waals surface area contributed by atoms with Crippen molar-refractivity contribution in [1.29, 1.82) is 0 Å². The first kappa shape index (κ1) is 23.7. The van der Waals surface area contributed by atoms with E-state index in [1.165, 1.54) is 22.5 Å². The third kappa shape index (κ3) is 4.61. The third-order valence-electron chi connectivity index (χ3n) is 5.93. The van der Waals surface area contributed by atoms with E-state index >= 15 is 0 Å². The number of fused-ring (bicyclic) bond motifs is 1. The molecule has 0 radical (unpaired) electrons. The van der Waals surface area contributed by atoms with E-state index < -0.39 is 5.97 Å². The van der Waals surface area contributed by atoms with Gasteiger partial charge in [0, 0.05) is 16.6 Å². The van der Waals surface area contributed by atoms with Gasteiger partial charge in [0.25, 0.3) is 0 Å². The largest absolute Gasteiger partial charge is 0.462 e. The summed E-state index contributed by atoms with van der Waals surface area (Å²) in [5.41, 5.74) is 7.23. The maximum Gasteiger partial charge on any atom is 0.341 e. The van der Waals surface area contributed by atoms with Crippen molar-refractivity contribution >= 4 is 33.9 Å². The number of esters is 1. The molecular weight excluding hydrogens is 446 g/mol. The average Bonchev–Trinajstić information content (AvgIpc) is 3.38. The van der Waals surface area contributed by atoms with Crippen molar-refractivity contribution in [3.8, 4) is 11.3 Å². The van der Waals surface area contributed by atoms with Crippen LogP contribution < -0.4 is 5.32 Å². The number of benzene rings is 1. The van der Waals surface area contributed by atoms with Gasteiger partial charge in [-0.1, -0.05) is 25.1 Å². The van der Waals surface area contributed by atoms with Crippen molar-refractivity contribution < 1.29 is 14.3 Å². The number of nitrogens with zero attached hydrogens (tertiary/aromatic N) is 2. The highest BCUT2D eigenvalue weighted by molar-refractivity contribution is 7.16. The monoisotopic (exact) mass is 475 g/mol. The molecule has 0 bridgehead atoms. The number of ether oxygens (including phenoxy) is 1. The predicted octanol–water partition coefficient (Wildman–Crippen LogP) is 5.91. The Hall–Kier alpha value is -3.45. The molecule has 7 heteroatoms. The summed E-state index contributed by atoms with van der Waals surface area (Å²) < 4.78 is 7.17. The second-order valence-corrected chi connectivity index (χ2v) is 9.48. The van der Waals surface area contributed by atoms with Crippen LogP contribution in [-0.2, 0) is 22.4 Å². The minimum Gasteiger partial charge on any atom is -0.462 e. The summed E-state index contributed by atoms with van der Waals surface area (Å²) in [6, 6.07) is 12.0. The lowest BCUT2D eigenvalue weighted by atomic mass is 10.0. The number of nitrogens with one attached hydrogen (secondary N) is 1. The summed E-state index contributed by atoms with van der Waals surface area (Å²) in [5.74, 6) is -0.626. The summed E-state index contributed by atoms with van der Waals surface area (Å²) in [7, 11) is 0. The van der Waals surface area contributed by atoms with Crippen LogP contribution in [0.25, 0.3) is 16.9 Å². The van der Waals surface area contributed by atoms with Crippen LogP contribution in [0, 0.1) is 20.8 Å². The molecule has 0 aliphatic heterocycles. The first-order valence-corrected chi connectivity index (χ1v) is 12.3. The molecule has 0 atom stereocenters. The molecule has 4 rings (SSSR count). The van der Waals surface area contributed by atoms with Gasteiger partial charge in [0.1, 0.15) is 10.6 Å². The molecule has 0 aliphatic rings. The van der Waals surface area contributed by atoms with E-state index in [9.17, 15) is 9.59 Å². The maximum absolute atomic E-state index is 13.2. The van der Waals surface area contributed by atoms with Crippen molar-refractivity contribution in [1.82, 2.24) is 9.38 Å². The number of carbonyl (C=O) groups excluding carboxylic acids is 2. The van der Waals surface area contributed by atoms with Gasteiger partial charge in [0.2, 0.25) is 5.91 Å². The van der Waals surface area contributed by atoms with E-state index in [0.717, 1.165) is 39.5 Å². The molecule has 0 unspecified atom stereocenters. The number of hydrogen-bond acceptors (Lipinski definition) is 5. The van der Waals surface area contributed by atoms with Gasteiger partial charge in [-0.3, -0.25) is 4.79 Å². The number of amides is 1. The number of aryl methyl sites for hydroxylation is 4. The summed E-state index contributed by atoms with van der Waals surface area (Å²) in [6.45, 7) is 10.2. The number of hydrogen-bond donors (Lipinski definition) is 1. The molecular formula is C27H29N3O3S. The topological polar surface area (TPSA) is 72.7 Å². The van der Waals surface area contributed by atoms with Crippen LogP contribution in [0.5, 0.6) is 0 Å². The Bertz CT molecular complexity index is 1380. The minimum absolute atomic E-state index is 0.120. The Kier molecular flexibility index (Phi) is 6.84. The predicted molar refractivity (Wildman–Crippen MR) is 137 cm³/mol. The Labute approximate surface area is 203 Å². The van der Waals surface area contributed by atoms with E-state index in [2.05, 4.69) is 31.3 Å². The minimum atomic E-state index is -0.421. The number of aromatic nitrogens is 2. The molecule has 3 heterocycles. The lowest BCUT2D eigenvalue weighted by Crippen LogP contribution is -2.17. The van der Waals surface area contributed by atoms with E-state index in [0.29, 0.717) is 10.6 Å². The molecule has 0 aliphatic carbocycles. The van der Waals surface area contributed by atoms with Crippen molar-refractivity contribution in [2.75, 3.05) is 11.9 Å². The molecule has 0 spiro atoms. The fourth-order valence-corrected chi connectivity index (χ4v) is 4.93. The molecule has 0 saturated carbocycles. The van der Waals surface area contributed by atoms with Crippen LogP contribution >= 0.6 is 11.3 Å². The number of rotatable bonds is 7. The zero-order valence-electron chi connectivity index (χ0n) is 20.2. The van der Waals surface area contributed by atoms with Gasteiger partial charge >= 0.3 is 5.97 Å². The second-order valence-electron chi connectivity index (χ2n) is 8.35. The zero-order valence-corrected chi connectivity index (χ0v) is 21.0. The lowest BCUT2D eigenvalue weighted by Gasteiger charge is -2.09. The van der Waals surface area contributed by atoms with Crippen molar-refractivity contribution in [2.45, 2.75) is 47.5 Å². The van der Waals surface area contributed by atoms with Gasteiger partial charge in [0.15, 0.2) is 0 Å². The standard InChI is InChI=1S/C27H29N3O3S/c1-6-20-14-21(27(32)33-7-2)26(34-20)28-23(31)15-22-24(19-11-10-16(3)18(5)13-19)29-25-17(4)9-8-12-30(22)25/h8-14H,6-7,15H2,1-5H3,(H,28,31). The normalized spacial score (nSPS) is 11.1. The number of thiophene rings is 1. The number of carbonyl (C=O) groups is 2. The molecule has 6 nitrogen and oxygen atoms in total. The van der Waals surface area contributed by atoms with Crippen LogP contribution in [-0.4, -0.2) is 27.9 Å². The lowest BCUT2D eigenvalue weighted by molar-refractivity contribution is -0.115. The Morgan fingerprint density at radius 3 is 2.56 bits per heavy atom. The van der Waals surface area contributed by atoms with Crippen molar-refractivity contribution in [3.05, 3.63) is 75.4 Å². The molecule has 34 heavy (non-hydrogen) atoms. The Morgan fingerprint density at radius 1 is 1.06 bits per heavy atom. The van der Waals surface area contributed by atoms with Crippen LogP contribution in [0.1, 0.15) is 51.5 Å². The molecule has 1 aromatic carbocycles. The van der Waals surface area contributed by atoms with Gasteiger partial charge in [0.05, 0.1) is 30.0 Å². The van der Waals surface area contributed by atoms with Crippen LogP contribution in [0.4, 0.5) is 5.00 Å². The maximum atomic E-state index is 13.2. The highest BCUT2D eigenvalue weighted by Gasteiger charge is 2.22. The zero-order chi connectivity index (χ0) is 24.4. The highest BCUT2D eigenvalue weighted by Crippen LogP contribution is 2.31. The fraction of sp³-hybridized carbons (Fsp3) is 0.296. The van der Waals surface area contributed by atoms with Gasteiger partial charge in [-0.05, 0) is 69.0 Å². The van der Waals surface area contributed by atoms with Gasteiger partial charge in [-0.15, -0.1) is 11.3 Å². The average molecular weight is 476 g/mol. The SMILES string of the molecule is CCOC(=O)c1cc(CC)sc1NC(=O)Cc1c(-c2ccc(C)c(C)c2)nc2c(C)cccn12. The van der Waals surface area contributed by atoms with Crippen LogP contribution in [0.3, 0.4) is 0 Å². The van der Waals surface area contributed by atoms with Gasteiger partial charge in [-0.2, -0.15) is 0 Å². The summed E-state index contributed by atoms with van der Waals surface area (Å²) >= 11 is 1.41. The van der Waals surface area contributed by atoms with Gasteiger partial charge in [-0.25, -0.2) is 9.78 Å². The summed E-state index contributed by atoms with van der Waals surface area (Å²) in [5, 5.41) is 3.48. The molecule has 1 N–H and O–H groups in total. The van der Waals surface area contributed by atoms with Crippen molar-refractivity contribution in [3.63, 3.8) is 0 Å². The molecule has 1 amide bonds. The third-order valence-corrected chi connectivity index (χ3v) is 7.13. The van der Waals surface area contributed by atoms with E-state index in [1.807, 2.05) is 42.6 Å². The van der Waals surface area contributed by atoms with Gasteiger partial charge < -0.3 is 14.5 Å². The molecule has 0 saturated heterocycles. The van der Waals surface area contributed by atoms with E-state index in [-0.39, 0.29) is 18.9 Å². The quantitative estimate of drug-likeness (QED) is 0.337. The van der Waals surface area contributed by atoms with Crippen LogP contribution in [0.2, 0.25) is 0 Å². The Balaban J connectivity index is 1.72. The first-order valence-electron chi connectivity index (χ1n) is 11.5. The Morgan fingerprint density at radius 2 is 1.85 bits per heavy atom. The first-order chi connectivity index (χ1) is 16.3. The highest BCUT2D eigenvalue weighted by atomic mass is 32.1. The molecule has 176 valence electrons. The second kappa shape index (κ2) is 9.81. The molecule has 3 aromatic heterocycles. The smallest absolute Gasteiger partial charge is 0.341 e. The number of pyridine rings is 1. The van der Waals surface area contributed by atoms with Crippen LogP contribution in [0.15, 0.2) is 42.6 Å².